The molecule has 116 valence electrons. The molecular formula is C20H24O2. The molecule has 0 N–H and O–H groups in total. The zero-order valence-electron chi connectivity index (χ0n) is 13.3. The molecule has 0 heterocycles. The summed E-state index contributed by atoms with van der Waals surface area (Å²) in [6.45, 7) is 2.32. The molecule has 0 fully saturated rings. The van der Waals surface area contributed by atoms with Crippen molar-refractivity contribution in [1.82, 2.24) is 0 Å². The van der Waals surface area contributed by atoms with Crippen LogP contribution < -0.4 is 0 Å². The number of fused-ring (bicyclic) bond motifs is 1. The van der Waals surface area contributed by atoms with Gasteiger partial charge in [-0.1, -0.05) is 55.0 Å². The van der Waals surface area contributed by atoms with Crippen molar-refractivity contribution in [3.8, 4) is 0 Å². The fraction of sp³-hybridized carbons (Fsp3) is 0.350. The van der Waals surface area contributed by atoms with Crippen LogP contribution in [0.3, 0.4) is 0 Å². The van der Waals surface area contributed by atoms with E-state index in [9.17, 15) is 4.79 Å². The van der Waals surface area contributed by atoms with Crippen molar-refractivity contribution in [2.45, 2.75) is 39.0 Å². The highest BCUT2D eigenvalue weighted by Crippen LogP contribution is 2.17. The largest absolute Gasteiger partial charge is 0.466 e. The Hall–Kier alpha value is -2.09. The molecule has 2 aromatic rings. The minimum absolute atomic E-state index is 0.0748. The summed E-state index contributed by atoms with van der Waals surface area (Å²) in [7, 11) is 0. The van der Waals surface area contributed by atoms with E-state index in [1.807, 2.05) is 6.92 Å². The van der Waals surface area contributed by atoms with E-state index in [0.717, 1.165) is 25.7 Å². The zero-order chi connectivity index (χ0) is 15.6. The number of rotatable bonds is 8. The molecule has 0 atom stereocenters. The van der Waals surface area contributed by atoms with Gasteiger partial charge in [0.15, 0.2) is 0 Å². The Bertz CT molecular complexity index is 628. The predicted octanol–water partition coefficient (Wildman–Crippen LogP) is 5.37. The summed E-state index contributed by atoms with van der Waals surface area (Å²) < 4.78 is 4.91. The van der Waals surface area contributed by atoms with Crippen molar-refractivity contribution in [3.63, 3.8) is 0 Å². The van der Waals surface area contributed by atoms with Gasteiger partial charge >= 0.3 is 5.97 Å². The molecule has 0 aromatic heterocycles. The molecule has 0 bridgehead atoms. The van der Waals surface area contributed by atoms with E-state index in [4.69, 9.17) is 4.74 Å². The van der Waals surface area contributed by atoms with E-state index in [1.165, 1.54) is 16.3 Å². The molecule has 0 aliphatic rings. The van der Waals surface area contributed by atoms with Gasteiger partial charge in [-0.05, 0) is 48.6 Å². The lowest BCUT2D eigenvalue weighted by Crippen LogP contribution is -2.02. The third-order valence-electron chi connectivity index (χ3n) is 3.64. The zero-order valence-corrected chi connectivity index (χ0v) is 13.3. The topological polar surface area (TPSA) is 26.3 Å². The van der Waals surface area contributed by atoms with Gasteiger partial charge in [-0.25, -0.2) is 0 Å². The van der Waals surface area contributed by atoms with E-state index >= 15 is 0 Å². The van der Waals surface area contributed by atoms with Gasteiger partial charge in [-0.2, -0.15) is 0 Å². The molecule has 22 heavy (non-hydrogen) atoms. The summed E-state index contributed by atoms with van der Waals surface area (Å²) in [5, 5.41) is 2.55. The number of esters is 1. The molecule has 0 radical (unpaired) electrons. The highest BCUT2D eigenvalue weighted by atomic mass is 16.5. The predicted molar refractivity (Wildman–Crippen MR) is 92.7 cm³/mol. The van der Waals surface area contributed by atoms with Gasteiger partial charge in [0.2, 0.25) is 0 Å². The average Bonchev–Trinajstić information content (AvgIpc) is 2.54. The Morgan fingerprint density at radius 2 is 1.86 bits per heavy atom. The lowest BCUT2D eigenvalue weighted by atomic mass is 10.1. The van der Waals surface area contributed by atoms with Crippen molar-refractivity contribution < 1.29 is 9.53 Å². The summed E-state index contributed by atoms with van der Waals surface area (Å²) in [5.41, 5.74) is 1.24. The van der Waals surface area contributed by atoms with Crippen molar-refractivity contribution >= 4 is 22.8 Å². The average molecular weight is 296 g/mol. The molecule has 0 unspecified atom stereocenters. The third kappa shape index (κ3) is 5.36. The maximum absolute atomic E-state index is 11.2. The van der Waals surface area contributed by atoms with Crippen LogP contribution in [0, 0.1) is 0 Å². The lowest BCUT2D eigenvalue weighted by molar-refractivity contribution is -0.143. The molecule has 2 aromatic carbocycles. The van der Waals surface area contributed by atoms with Crippen LogP contribution in [0.2, 0.25) is 0 Å². The molecule has 0 aliphatic carbocycles. The van der Waals surface area contributed by atoms with Crippen LogP contribution in [-0.2, 0) is 9.53 Å². The monoisotopic (exact) mass is 296 g/mol. The summed E-state index contributed by atoms with van der Waals surface area (Å²) in [6, 6.07) is 14.9. The maximum Gasteiger partial charge on any atom is 0.305 e. The fourth-order valence-electron chi connectivity index (χ4n) is 2.47. The quantitative estimate of drug-likeness (QED) is 0.484. The molecule has 0 amide bonds. The van der Waals surface area contributed by atoms with E-state index in [1.54, 1.807) is 0 Å². The van der Waals surface area contributed by atoms with E-state index in [2.05, 4.69) is 54.6 Å². The van der Waals surface area contributed by atoms with E-state index in [0.29, 0.717) is 13.0 Å². The van der Waals surface area contributed by atoms with Crippen molar-refractivity contribution in [3.05, 3.63) is 54.1 Å². The molecule has 0 saturated carbocycles. The van der Waals surface area contributed by atoms with Gasteiger partial charge in [0.05, 0.1) is 6.61 Å². The first-order chi connectivity index (χ1) is 10.8. The number of unbranched alkanes of at least 4 members (excludes halogenated alkanes) is 3. The lowest BCUT2D eigenvalue weighted by Gasteiger charge is -2.01. The Labute approximate surface area is 132 Å². The van der Waals surface area contributed by atoms with Crippen molar-refractivity contribution in [2.75, 3.05) is 6.61 Å². The van der Waals surface area contributed by atoms with Crippen LogP contribution in [0.1, 0.15) is 44.6 Å². The molecule has 0 aliphatic heterocycles. The first kappa shape index (κ1) is 16.3. The third-order valence-corrected chi connectivity index (χ3v) is 3.64. The Morgan fingerprint density at radius 1 is 1.05 bits per heavy atom. The van der Waals surface area contributed by atoms with Gasteiger partial charge in [-0.15, -0.1) is 0 Å². The minimum atomic E-state index is -0.0748. The first-order valence-electron chi connectivity index (χ1n) is 8.10. The Balaban J connectivity index is 1.69. The van der Waals surface area contributed by atoms with Crippen LogP contribution in [0.15, 0.2) is 48.5 Å². The second-order valence-electron chi connectivity index (χ2n) is 5.41. The van der Waals surface area contributed by atoms with Gasteiger partial charge in [0.1, 0.15) is 0 Å². The number of hydrogen-bond donors (Lipinski definition) is 0. The fourth-order valence-corrected chi connectivity index (χ4v) is 2.47. The molecule has 2 rings (SSSR count). The van der Waals surface area contributed by atoms with Crippen molar-refractivity contribution in [2.24, 2.45) is 0 Å². The molecular weight excluding hydrogens is 272 g/mol. The Kier molecular flexibility index (Phi) is 6.69. The number of carbonyl (C=O) groups is 1. The smallest absolute Gasteiger partial charge is 0.305 e. The number of allylic oxidation sites excluding steroid dienone is 1. The van der Waals surface area contributed by atoms with E-state index < -0.39 is 0 Å². The summed E-state index contributed by atoms with van der Waals surface area (Å²) >= 11 is 0. The highest BCUT2D eigenvalue weighted by Gasteiger charge is 1.99. The van der Waals surface area contributed by atoms with Gasteiger partial charge in [0, 0.05) is 6.42 Å². The SMILES string of the molecule is CCOC(=O)CCCCC/C=C/c1ccc2ccccc2c1. The standard InChI is InChI=1S/C20H24O2/c1-2-22-20(21)13-7-5-3-4-6-10-17-14-15-18-11-8-9-12-19(18)16-17/h6,8-12,14-16H,2-5,7,13H2,1H3/b10-6+. The molecule has 2 heteroatoms. The van der Waals surface area contributed by atoms with Gasteiger partial charge in [0.25, 0.3) is 0 Å². The second kappa shape index (κ2) is 9.04. The number of benzene rings is 2. The summed E-state index contributed by atoms with van der Waals surface area (Å²) in [5.74, 6) is -0.0748. The minimum Gasteiger partial charge on any atom is -0.466 e. The first-order valence-corrected chi connectivity index (χ1v) is 8.10. The number of hydrogen-bond acceptors (Lipinski definition) is 2. The van der Waals surface area contributed by atoms with Crippen LogP contribution in [0.4, 0.5) is 0 Å². The molecule has 0 spiro atoms. The van der Waals surface area contributed by atoms with Gasteiger partial charge < -0.3 is 4.74 Å². The van der Waals surface area contributed by atoms with Crippen molar-refractivity contribution in [1.29, 1.82) is 0 Å². The summed E-state index contributed by atoms with van der Waals surface area (Å²) in [6.07, 6.45) is 9.09. The maximum atomic E-state index is 11.2. The van der Waals surface area contributed by atoms with Crippen LogP contribution in [0.5, 0.6) is 0 Å². The highest BCUT2D eigenvalue weighted by molar-refractivity contribution is 5.84. The normalized spacial score (nSPS) is 11.1. The number of carbonyl (C=O) groups excluding carboxylic acids is 1. The molecule has 2 nitrogen and oxygen atoms in total. The van der Waals surface area contributed by atoms with Crippen LogP contribution in [0.25, 0.3) is 16.8 Å². The van der Waals surface area contributed by atoms with Gasteiger partial charge in [-0.3, -0.25) is 4.79 Å². The number of ether oxygens (including phenoxy) is 1. The van der Waals surface area contributed by atoms with Crippen LogP contribution in [-0.4, -0.2) is 12.6 Å². The molecule has 0 saturated heterocycles. The Morgan fingerprint density at radius 3 is 2.68 bits per heavy atom. The van der Waals surface area contributed by atoms with Crippen LogP contribution >= 0.6 is 0 Å². The second-order valence-corrected chi connectivity index (χ2v) is 5.41. The van der Waals surface area contributed by atoms with E-state index in [-0.39, 0.29) is 5.97 Å². The summed E-state index contributed by atoms with van der Waals surface area (Å²) in [4.78, 5) is 11.2.